The Hall–Kier alpha value is -2.42. The summed E-state index contributed by atoms with van der Waals surface area (Å²) in [5.74, 6) is -0.512. The fourth-order valence-corrected chi connectivity index (χ4v) is 2.50. The molecule has 2 aromatic rings. The molecular formula is C13H17ClN6O3. The van der Waals surface area contributed by atoms with Crippen molar-refractivity contribution in [3.63, 3.8) is 0 Å². The number of carbonyl (C=O) groups is 1. The third kappa shape index (κ3) is 3.19. The van der Waals surface area contributed by atoms with Crippen LogP contribution in [0.4, 0.5) is 5.69 Å². The highest BCUT2D eigenvalue weighted by Gasteiger charge is 2.31. The number of nitrogens with zero attached hydrogens (tertiary/aromatic N) is 6. The molecule has 0 spiro atoms. The highest BCUT2D eigenvalue weighted by Crippen LogP contribution is 2.24. The standard InChI is InChI=1S/C13H17ClN6O3/c1-5-19-6-9(14)10(16-19)7-17(3)13(21)12-11(20(22)23)8(2)15-18(12)4/h6H,5,7H2,1-4H3. The van der Waals surface area contributed by atoms with Crippen molar-refractivity contribution in [3.8, 4) is 0 Å². The molecule has 0 N–H and O–H groups in total. The van der Waals surface area contributed by atoms with Crippen LogP contribution < -0.4 is 0 Å². The van der Waals surface area contributed by atoms with Gasteiger partial charge in [0.05, 0.1) is 16.5 Å². The molecule has 0 saturated carbocycles. The summed E-state index contributed by atoms with van der Waals surface area (Å²) in [6, 6.07) is 0. The lowest BCUT2D eigenvalue weighted by molar-refractivity contribution is -0.385. The van der Waals surface area contributed by atoms with Crippen molar-refractivity contribution >= 4 is 23.2 Å². The van der Waals surface area contributed by atoms with Crippen LogP contribution in [0.15, 0.2) is 6.20 Å². The smallest absolute Gasteiger partial charge is 0.322 e. The molecule has 1 amide bonds. The van der Waals surface area contributed by atoms with Crippen molar-refractivity contribution in [1.82, 2.24) is 24.5 Å². The van der Waals surface area contributed by atoms with Gasteiger partial charge >= 0.3 is 5.69 Å². The van der Waals surface area contributed by atoms with E-state index in [2.05, 4.69) is 10.2 Å². The van der Waals surface area contributed by atoms with E-state index in [9.17, 15) is 14.9 Å². The molecule has 124 valence electrons. The van der Waals surface area contributed by atoms with Crippen molar-refractivity contribution in [2.45, 2.75) is 26.9 Å². The number of aromatic nitrogens is 4. The zero-order valence-corrected chi connectivity index (χ0v) is 14.0. The van der Waals surface area contributed by atoms with Gasteiger partial charge in [-0.15, -0.1) is 0 Å². The number of hydrogen-bond donors (Lipinski definition) is 0. The van der Waals surface area contributed by atoms with Crippen molar-refractivity contribution < 1.29 is 9.72 Å². The highest BCUT2D eigenvalue weighted by molar-refractivity contribution is 6.31. The van der Waals surface area contributed by atoms with E-state index >= 15 is 0 Å². The topological polar surface area (TPSA) is 99.1 Å². The Morgan fingerprint density at radius 1 is 1.48 bits per heavy atom. The predicted octanol–water partition coefficient (Wildman–Crippen LogP) is 1.78. The lowest BCUT2D eigenvalue weighted by Crippen LogP contribution is -2.29. The van der Waals surface area contributed by atoms with Crippen LogP contribution >= 0.6 is 11.6 Å². The maximum absolute atomic E-state index is 12.6. The van der Waals surface area contributed by atoms with E-state index in [4.69, 9.17) is 11.6 Å². The predicted molar refractivity (Wildman–Crippen MR) is 83.3 cm³/mol. The quantitative estimate of drug-likeness (QED) is 0.610. The van der Waals surface area contributed by atoms with Gasteiger partial charge in [0.1, 0.15) is 11.4 Å². The number of hydrogen-bond acceptors (Lipinski definition) is 5. The van der Waals surface area contributed by atoms with E-state index in [0.29, 0.717) is 17.3 Å². The molecule has 0 aliphatic rings. The minimum absolute atomic E-state index is 0.0685. The average Bonchev–Trinajstić information content (AvgIpc) is 2.97. The second-order valence-corrected chi connectivity index (χ2v) is 5.51. The zero-order chi connectivity index (χ0) is 17.3. The van der Waals surface area contributed by atoms with Crippen LogP contribution in [0.3, 0.4) is 0 Å². The van der Waals surface area contributed by atoms with Crippen LogP contribution in [0.1, 0.15) is 28.8 Å². The van der Waals surface area contributed by atoms with Gasteiger partial charge < -0.3 is 4.90 Å². The first kappa shape index (κ1) is 16.9. The van der Waals surface area contributed by atoms with Crippen molar-refractivity contribution in [3.05, 3.63) is 38.4 Å². The number of halogens is 1. The lowest BCUT2D eigenvalue weighted by Gasteiger charge is -2.15. The molecule has 0 atom stereocenters. The average molecular weight is 341 g/mol. The van der Waals surface area contributed by atoms with Gasteiger partial charge in [-0.25, -0.2) is 0 Å². The Morgan fingerprint density at radius 2 is 2.13 bits per heavy atom. The first-order valence-electron chi connectivity index (χ1n) is 6.91. The maximum Gasteiger partial charge on any atom is 0.322 e. The second kappa shape index (κ2) is 6.37. The molecule has 0 unspecified atom stereocenters. The lowest BCUT2D eigenvalue weighted by atomic mass is 10.2. The normalized spacial score (nSPS) is 10.8. The summed E-state index contributed by atoms with van der Waals surface area (Å²) in [4.78, 5) is 24.5. The van der Waals surface area contributed by atoms with E-state index in [1.165, 1.54) is 30.6 Å². The van der Waals surface area contributed by atoms with E-state index in [1.54, 1.807) is 10.9 Å². The Labute approximate surface area is 137 Å². The summed E-state index contributed by atoms with van der Waals surface area (Å²) in [5, 5.41) is 19.9. The van der Waals surface area contributed by atoms with Crippen LogP contribution in [0, 0.1) is 17.0 Å². The molecule has 0 saturated heterocycles. The fraction of sp³-hybridized carbons (Fsp3) is 0.462. The van der Waals surface area contributed by atoms with Crippen LogP contribution in [0.2, 0.25) is 5.02 Å². The van der Waals surface area contributed by atoms with E-state index < -0.39 is 10.8 Å². The Kier molecular flexibility index (Phi) is 4.69. The van der Waals surface area contributed by atoms with Gasteiger partial charge in [-0.2, -0.15) is 10.2 Å². The molecule has 0 bridgehead atoms. The second-order valence-electron chi connectivity index (χ2n) is 5.10. The summed E-state index contributed by atoms with van der Waals surface area (Å²) in [6.45, 7) is 4.22. The number of carbonyl (C=O) groups excluding carboxylic acids is 1. The number of amides is 1. The van der Waals surface area contributed by atoms with Gasteiger partial charge in [0, 0.05) is 26.8 Å². The minimum Gasteiger partial charge on any atom is -0.334 e. The molecule has 2 rings (SSSR count). The number of aryl methyl sites for hydroxylation is 3. The van der Waals surface area contributed by atoms with Gasteiger partial charge in [0.2, 0.25) is 5.69 Å². The number of rotatable bonds is 5. The Balaban J connectivity index is 2.30. The highest BCUT2D eigenvalue weighted by atomic mass is 35.5. The third-order valence-electron chi connectivity index (χ3n) is 3.42. The fourth-order valence-electron chi connectivity index (χ4n) is 2.29. The molecule has 0 aromatic carbocycles. The summed E-state index contributed by atoms with van der Waals surface area (Å²) in [7, 11) is 3.04. The molecular weight excluding hydrogens is 324 g/mol. The van der Waals surface area contributed by atoms with Crippen molar-refractivity contribution in [2.75, 3.05) is 7.05 Å². The maximum atomic E-state index is 12.6. The SMILES string of the molecule is CCn1cc(Cl)c(CN(C)C(=O)c2c([N+](=O)[O-])c(C)nn2C)n1. The molecule has 9 nitrogen and oxygen atoms in total. The summed E-state index contributed by atoms with van der Waals surface area (Å²) in [6.07, 6.45) is 1.67. The number of nitro groups is 1. The van der Waals surface area contributed by atoms with E-state index in [0.717, 1.165) is 0 Å². The van der Waals surface area contributed by atoms with Gasteiger partial charge in [0.15, 0.2) is 0 Å². The van der Waals surface area contributed by atoms with Crippen molar-refractivity contribution in [2.24, 2.45) is 7.05 Å². The van der Waals surface area contributed by atoms with Crippen molar-refractivity contribution in [1.29, 1.82) is 0 Å². The monoisotopic (exact) mass is 340 g/mol. The summed E-state index contributed by atoms with van der Waals surface area (Å²) < 4.78 is 2.88. The molecule has 0 fully saturated rings. The molecule has 10 heteroatoms. The minimum atomic E-state index is -0.595. The zero-order valence-electron chi connectivity index (χ0n) is 13.3. The molecule has 0 aliphatic carbocycles. The molecule has 2 heterocycles. The summed E-state index contributed by atoms with van der Waals surface area (Å²) >= 11 is 6.09. The van der Waals surface area contributed by atoms with E-state index in [-0.39, 0.29) is 23.6 Å². The first-order chi connectivity index (χ1) is 10.8. The van der Waals surface area contributed by atoms with Crippen LogP contribution in [-0.4, -0.2) is 42.3 Å². The largest absolute Gasteiger partial charge is 0.334 e. The Bertz CT molecular complexity index is 766. The molecule has 2 aromatic heterocycles. The summed E-state index contributed by atoms with van der Waals surface area (Å²) in [5.41, 5.74) is 0.379. The Morgan fingerprint density at radius 3 is 2.65 bits per heavy atom. The van der Waals surface area contributed by atoms with Crippen LogP contribution in [-0.2, 0) is 20.1 Å². The van der Waals surface area contributed by atoms with E-state index in [1.807, 2.05) is 6.92 Å². The van der Waals surface area contributed by atoms with Crippen LogP contribution in [0.25, 0.3) is 0 Å². The van der Waals surface area contributed by atoms with Gasteiger partial charge in [-0.1, -0.05) is 11.6 Å². The van der Waals surface area contributed by atoms with Gasteiger partial charge in [-0.3, -0.25) is 24.3 Å². The van der Waals surface area contributed by atoms with Crippen LogP contribution in [0.5, 0.6) is 0 Å². The van der Waals surface area contributed by atoms with Gasteiger partial charge in [0.25, 0.3) is 5.91 Å². The molecule has 0 aliphatic heterocycles. The molecule has 0 radical (unpaired) electrons. The first-order valence-corrected chi connectivity index (χ1v) is 7.29. The molecule has 23 heavy (non-hydrogen) atoms. The van der Waals surface area contributed by atoms with Gasteiger partial charge in [-0.05, 0) is 13.8 Å². The third-order valence-corrected chi connectivity index (χ3v) is 3.74.